The Balaban J connectivity index is 3.00. The van der Waals surface area contributed by atoms with Crippen LogP contribution in [0.5, 0.6) is 11.5 Å². The minimum Gasteiger partial charge on any atom is -0.504 e. The number of phenols is 2. The molecule has 0 aromatic heterocycles. The van der Waals surface area contributed by atoms with Gasteiger partial charge in [-0.3, -0.25) is 0 Å². The Morgan fingerprint density at radius 3 is 2.75 bits per heavy atom. The summed E-state index contributed by atoms with van der Waals surface area (Å²) in [5.74, 6) is -0.129. The zero-order valence-electron chi connectivity index (χ0n) is 6.99. The number of benzene rings is 1. The number of para-hydroxylation sites is 1. The van der Waals surface area contributed by atoms with Crippen molar-refractivity contribution in [3.63, 3.8) is 0 Å². The summed E-state index contributed by atoms with van der Waals surface area (Å²) >= 11 is 0. The molecule has 1 aromatic carbocycles. The van der Waals surface area contributed by atoms with Gasteiger partial charge in [0.15, 0.2) is 11.5 Å². The molecule has 1 aromatic rings. The molecule has 0 aliphatic rings. The van der Waals surface area contributed by atoms with Gasteiger partial charge in [0.25, 0.3) is 0 Å². The van der Waals surface area contributed by atoms with Gasteiger partial charge in [0, 0.05) is 5.56 Å². The average molecular weight is 164 g/mol. The second kappa shape index (κ2) is 3.81. The SMILES string of the molecule is CC/C=C/c1cccc(O)c1O. The Morgan fingerprint density at radius 2 is 2.08 bits per heavy atom. The van der Waals surface area contributed by atoms with E-state index in [1.54, 1.807) is 18.2 Å². The van der Waals surface area contributed by atoms with E-state index < -0.39 is 0 Å². The molecule has 0 atom stereocenters. The van der Waals surface area contributed by atoms with Crippen molar-refractivity contribution in [1.82, 2.24) is 0 Å². The van der Waals surface area contributed by atoms with Crippen molar-refractivity contribution in [2.75, 3.05) is 0 Å². The molecule has 0 amide bonds. The van der Waals surface area contributed by atoms with Gasteiger partial charge in [0.1, 0.15) is 0 Å². The van der Waals surface area contributed by atoms with Crippen LogP contribution >= 0.6 is 0 Å². The third-order valence-electron chi connectivity index (χ3n) is 1.58. The molecule has 0 fully saturated rings. The molecule has 0 aliphatic carbocycles. The molecule has 2 nitrogen and oxygen atoms in total. The molecule has 0 saturated carbocycles. The van der Waals surface area contributed by atoms with E-state index in [0.717, 1.165) is 6.42 Å². The molecule has 0 saturated heterocycles. The summed E-state index contributed by atoms with van der Waals surface area (Å²) in [5, 5.41) is 18.4. The van der Waals surface area contributed by atoms with Crippen LogP contribution in [0.1, 0.15) is 18.9 Å². The monoisotopic (exact) mass is 164 g/mol. The summed E-state index contributed by atoms with van der Waals surface area (Å²) in [4.78, 5) is 0. The molecule has 0 spiro atoms. The number of aromatic hydroxyl groups is 2. The van der Waals surface area contributed by atoms with E-state index in [1.807, 2.05) is 13.0 Å². The molecular formula is C10H12O2. The molecule has 2 N–H and O–H groups in total. The van der Waals surface area contributed by atoms with Crippen LogP contribution in [0.15, 0.2) is 24.3 Å². The van der Waals surface area contributed by atoms with E-state index in [2.05, 4.69) is 0 Å². The minimum atomic E-state index is -0.0757. The first-order chi connectivity index (χ1) is 5.75. The first kappa shape index (κ1) is 8.65. The smallest absolute Gasteiger partial charge is 0.164 e. The third kappa shape index (κ3) is 1.78. The van der Waals surface area contributed by atoms with Gasteiger partial charge in [-0.2, -0.15) is 0 Å². The standard InChI is InChI=1S/C10H12O2/c1-2-3-5-8-6-4-7-9(11)10(8)12/h3-7,11-12H,2H2,1H3/b5-3+. The van der Waals surface area contributed by atoms with Crippen molar-refractivity contribution in [3.05, 3.63) is 29.8 Å². The van der Waals surface area contributed by atoms with Crippen molar-refractivity contribution in [3.8, 4) is 11.5 Å². The number of allylic oxidation sites excluding steroid dienone is 1. The summed E-state index contributed by atoms with van der Waals surface area (Å²) < 4.78 is 0. The average Bonchev–Trinajstić information content (AvgIpc) is 2.08. The van der Waals surface area contributed by atoms with Gasteiger partial charge < -0.3 is 10.2 Å². The van der Waals surface area contributed by atoms with Crippen molar-refractivity contribution >= 4 is 6.08 Å². The lowest BCUT2D eigenvalue weighted by atomic mass is 10.1. The fraction of sp³-hybridized carbons (Fsp3) is 0.200. The molecule has 0 bridgehead atoms. The van der Waals surface area contributed by atoms with Crippen LogP contribution in [0.2, 0.25) is 0 Å². The summed E-state index contributed by atoms with van der Waals surface area (Å²) in [6, 6.07) is 4.91. The van der Waals surface area contributed by atoms with Crippen molar-refractivity contribution in [2.45, 2.75) is 13.3 Å². The molecule has 12 heavy (non-hydrogen) atoms. The van der Waals surface area contributed by atoms with Gasteiger partial charge in [-0.05, 0) is 12.5 Å². The summed E-state index contributed by atoms with van der Waals surface area (Å²) in [5.41, 5.74) is 0.650. The van der Waals surface area contributed by atoms with E-state index in [4.69, 9.17) is 5.11 Å². The first-order valence-corrected chi connectivity index (χ1v) is 3.93. The largest absolute Gasteiger partial charge is 0.504 e. The van der Waals surface area contributed by atoms with Crippen LogP contribution in [0.25, 0.3) is 6.08 Å². The molecule has 2 heteroatoms. The fourth-order valence-electron chi connectivity index (χ4n) is 0.928. The highest BCUT2D eigenvalue weighted by atomic mass is 16.3. The van der Waals surface area contributed by atoms with Crippen molar-refractivity contribution < 1.29 is 10.2 Å². The van der Waals surface area contributed by atoms with Gasteiger partial charge in [-0.25, -0.2) is 0 Å². The predicted molar refractivity (Wildman–Crippen MR) is 49.1 cm³/mol. The van der Waals surface area contributed by atoms with Crippen LogP contribution < -0.4 is 0 Å². The molecule has 1 rings (SSSR count). The lowest BCUT2D eigenvalue weighted by Gasteiger charge is -1.99. The molecule has 0 heterocycles. The Hall–Kier alpha value is -1.44. The van der Waals surface area contributed by atoms with Crippen LogP contribution in [0.4, 0.5) is 0 Å². The third-order valence-corrected chi connectivity index (χ3v) is 1.58. The maximum Gasteiger partial charge on any atom is 0.164 e. The number of phenolic OH excluding ortho intramolecular Hbond substituents is 2. The normalized spacial score (nSPS) is 10.8. The Kier molecular flexibility index (Phi) is 2.75. The van der Waals surface area contributed by atoms with Crippen LogP contribution in [0, 0.1) is 0 Å². The summed E-state index contributed by atoms with van der Waals surface area (Å²) in [6.45, 7) is 2.01. The maximum absolute atomic E-state index is 9.32. The summed E-state index contributed by atoms with van der Waals surface area (Å²) in [6.07, 6.45) is 4.62. The molecule has 64 valence electrons. The van der Waals surface area contributed by atoms with E-state index >= 15 is 0 Å². The van der Waals surface area contributed by atoms with Gasteiger partial charge in [-0.15, -0.1) is 0 Å². The van der Waals surface area contributed by atoms with E-state index in [0.29, 0.717) is 5.56 Å². The van der Waals surface area contributed by atoms with Crippen LogP contribution in [-0.2, 0) is 0 Å². The Morgan fingerprint density at radius 1 is 1.33 bits per heavy atom. The lowest BCUT2D eigenvalue weighted by molar-refractivity contribution is 0.403. The second-order valence-corrected chi connectivity index (χ2v) is 2.53. The summed E-state index contributed by atoms with van der Waals surface area (Å²) in [7, 11) is 0. The van der Waals surface area contributed by atoms with E-state index in [-0.39, 0.29) is 11.5 Å². The Bertz CT molecular complexity index is 290. The van der Waals surface area contributed by atoms with Crippen molar-refractivity contribution in [2.24, 2.45) is 0 Å². The van der Waals surface area contributed by atoms with Crippen LogP contribution in [0.3, 0.4) is 0 Å². The number of hydrogen-bond acceptors (Lipinski definition) is 2. The first-order valence-electron chi connectivity index (χ1n) is 3.93. The topological polar surface area (TPSA) is 40.5 Å². The van der Waals surface area contributed by atoms with Gasteiger partial charge in [-0.1, -0.05) is 31.2 Å². The maximum atomic E-state index is 9.32. The van der Waals surface area contributed by atoms with Crippen molar-refractivity contribution in [1.29, 1.82) is 0 Å². The van der Waals surface area contributed by atoms with Crippen LogP contribution in [-0.4, -0.2) is 10.2 Å². The van der Waals surface area contributed by atoms with E-state index in [9.17, 15) is 5.11 Å². The lowest BCUT2D eigenvalue weighted by Crippen LogP contribution is -1.74. The molecule has 0 aliphatic heterocycles. The molecular weight excluding hydrogens is 152 g/mol. The minimum absolute atomic E-state index is 0.0535. The van der Waals surface area contributed by atoms with E-state index in [1.165, 1.54) is 6.07 Å². The molecule has 0 unspecified atom stereocenters. The zero-order valence-corrected chi connectivity index (χ0v) is 6.99. The number of hydrogen-bond donors (Lipinski definition) is 2. The zero-order chi connectivity index (χ0) is 8.97. The highest BCUT2D eigenvalue weighted by molar-refractivity contribution is 5.60. The quantitative estimate of drug-likeness (QED) is 0.659. The second-order valence-electron chi connectivity index (χ2n) is 2.53. The predicted octanol–water partition coefficient (Wildman–Crippen LogP) is 2.52. The van der Waals surface area contributed by atoms with Gasteiger partial charge in [0.05, 0.1) is 0 Å². The van der Waals surface area contributed by atoms with Gasteiger partial charge in [0.2, 0.25) is 0 Å². The van der Waals surface area contributed by atoms with Gasteiger partial charge >= 0.3 is 0 Å². The highest BCUT2D eigenvalue weighted by Crippen LogP contribution is 2.28. The molecule has 0 radical (unpaired) electrons. The number of rotatable bonds is 2. The fourth-order valence-corrected chi connectivity index (χ4v) is 0.928. The highest BCUT2D eigenvalue weighted by Gasteiger charge is 2.00. The Labute approximate surface area is 71.8 Å².